The molecule has 0 bridgehead atoms. The quantitative estimate of drug-likeness (QED) is 0.483. The van der Waals surface area contributed by atoms with Gasteiger partial charge in [-0.1, -0.05) is 29.8 Å². The largest absolute Gasteiger partial charge is 0.378 e. The molecule has 30 heavy (non-hydrogen) atoms. The van der Waals surface area contributed by atoms with Gasteiger partial charge in [0.05, 0.1) is 6.21 Å². The first-order chi connectivity index (χ1) is 14.5. The Balaban J connectivity index is 1.39. The van der Waals surface area contributed by atoms with E-state index in [9.17, 15) is 4.79 Å². The molecule has 0 aromatic heterocycles. The number of carbonyl (C=O) groups is 1. The number of halogens is 1. The van der Waals surface area contributed by atoms with Crippen molar-refractivity contribution < 1.29 is 4.79 Å². The molecule has 5 nitrogen and oxygen atoms in total. The van der Waals surface area contributed by atoms with Gasteiger partial charge in [0.1, 0.15) is 0 Å². The van der Waals surface area contributed by atoms with Crippen molar-refractivity contribution in [3.63, 3.8) is 0 Å². The SMILES string of the molecule is CN(C)c1ccc(/C=N/NC(=O)c2ccc3c(c2)CN(c2ccc(Cl)cc2)C3)cc1. The summed E-state index contributed by atoms with van der Waals surface area (Å²) in [6.45, 7) is 1.58. The number of nitrogens with zero attached hydrogens (tertiary/aromatic N) is 3. The summed E-state index contributed by atoms with van der Waals surface area (Å²) in [5, 5.41) is 4.82. The van der Waals surface area contributed by atoms with Crippen LogP contribution in [0.25, 0.3) is 0 Å². The average Bonchev–Trinajstić information content (AvgIpc) is 3.18. The van der Waals surface area contributed by atoms with E-state index in [1.54, 1.807) is 6.21 Å². The molecule has 1 N–H and O–H groups in total. The standard InChI is InChI=1S/C24H23ClN4O/c1-28(2)22-9-3-17(4-10-22)14-26-27-24(30)18-5-6-19-15-29(16-20(19)13-18)23-11-7-21(25)8-12-23/h3-14H,15-16H2,1-2H3,(H,27,30)/b26-14+. The number of carbonyl (C=O) groups excluding carboxylic acids is 1. The maximum absolute atomic E-state index is 12.5. The molecule has 3 aromatic rings. The molecular formula is C24H23ClN4O. The Morgan fingerprint density at radius 3 is 2.40 bits per heavy atom. The molecule has 0 radical (unpaired) electrons. The average molecular weight is 419 g/mol. The highest BCUT2D eigenvalue weighted by molar-refractivity contribution is 6.30. The Morgan fingerprint density at radius 1 is 1.00 bits per heavy atom. The van der Waals surface area contributed by atoms with Crippen LogP contribution >= 0.6 is 11.6 Å². The van der Waals surface area contributed by atoms with Crippen molar-refractivity contribution in [1.29, 1.82) is 0 Å². The first-order valence-corrected chi connectivity index (χ1v) is 10.1. The van der Waals surface area contributed by atoms with Gasteiger partial charge in [0.25, 0.3) is 5.91 Å². The highest BCUT2D eigenvalue weighted by Crippen LogP contribution is 2.29. The molecule has 0 fully saturated rings. The lowest BCUT2D eigenvalue weighted by atomic mass is 10.1. The van der Waals surface area contributed by atoms with E-state index in [1.165, 1.54) is 5.56 Å². The van der Waals surface area contributed by atoms with Gasteiger partial charge in [0, 0.05) is 49.1 Å². The first kappa shape index (κ1) is 20.0. The number of benzene rings is 3. The Hall–Kier alpha value is -3.31. The number of fused-ring (bicyclic) bond motifs is 1. The second-order valence-electron chi connectivity index (χ2n) is 7.50. The first-order valence-electron chi connectivity index (χ1n) is 9.73. The minimum absolute atomic E-state index is 0.219. The van der Waals surface area contributed by atoms with Gasteiger partial charge in [0.2, 0.25) is 0 Å². The summed E-state index contributed by atoms with van der Waals surface area (Å²) in [6, 6.07) is 21.6. The lowest BCUT2D eigenvalue weighted by Gasteiger charge is -2.17. The fraction of sp³-hybridized carbons (Fsp3) is 0.167. The van der Waals surface area contributed by atoms with Gasteiger partial charge in [-0.3, -0.25) is 4.79 Å². The van der Waals surface area contributed by atoms with Gasteiger partial charge < -0.3 is 9.80 Å². The van der Waals surface area contributed by atoms with Crippen molar-refractivity contribution >= 4 is 35.1 Å². The Bertz CT molecular complexity index is 1080. The molecular weight excluding hydrogens is 396 g/mol. The molecule has 1 aliphatic heterocycles. The molecule has 0 spiro atoms. The van der Waals surface area contributed by atoms with Crippen LogP contribution in [0, 0.1) is 0 Å². The summed E-state index contributed by atoms with van der Waals surface area (Å²) in [5.41, 5.74) is 8.76. The van der Waals surface area contributed by atoms with E-state index in [0.717, 1.165) is 40.6 Å². The topological polar surface area (TPSA) is 47.9 Å². The Morgan fingerprint density at radius 2 is 1.70 bits per heavy atom. The summed E-state index contributed by atoms with van der Waals surface area (Å²) in [7, 11) is 3.99. The zero-order chi connectivity index (χ0) is 21.1. The number of amides is 1. The van der Waals surface area contributed by atoms with Crippen LogP contribution in [-0.4, -0.2) is 26.2 Å². The van der Waals surface area contributed by atoms with Crippen molar-refractivity contribution in [3.05, 3.63) is 94.0 Å². The number of hydrogen-bond donors (Lipinski definition) is 1. The van der Waals surface area contributed by atoms with E-state index in [0.29, 0.717) is 5.56 Å². The third-order valence-corrected chi connectivity index (χ3v) is 5.42. The zero-order valence-corrected chi connectivity index (χ0v) is 17.7. The minimum atomic E-state index is -0.219. The zero-order valence-electron chi connectivity index (χ0n) is 17.0. The highest BCUT2D eigenvalue weighted by atomic mass is 35.5. The molecule has 0 saturated heterocycles. The van der Waals surface area contributed by atoms with Gasteiger partial charge in [-0.15, -0.1) is 0 Å². The van der Waals surface area contributed by atoms with Crippen LogP contribution in [-0.2, 0) is 13.1 Å². The minimum Gasteiger partial charge on any atom is -0.378 e. The summed E-state index contributed by atoms with van der Waals surface area (Å²) in [5.74, 6) is -0.219. The molecule has 0 aliphatic carbocycles. The molecule has 0 atom stereocenters. The second-order valence-corrected chi connectivity index (χ2v) is 7.94. The lowest BCUT2D eigenvalue weighted by Crippen LogP contribution is -2.18. The predicted octanol–water partition coefficient (Wildman–Crippen LogP) is 4.69. The van der Waals surface area contributed by atoms with Gasteiger partial charge in [-0.05, 0) is 65.2 Å². The molecule has 0 saturated carbocycles. The Labute approximate surface area is 181 Å². The summed E-state index contributed by atoms with van der Waals surface area (Å²) < 4.78 is 0. The van der Waals surface area contributed by atoms with E-state index in [2.05, 4.69) is 15.4 Å². The number of rotatable bonds is 5. The fourth-order valence-corrected chi connectivity index (χ4v) is 3.58. The molecule has 1 amide bonds. The fourth-order valence-electron chi connectivity index (χ4n) is 3.46. The molecule has 0 unspecified atom stereocenters. The van der Waals surface area contributed by atoms with Crippen LogP contribution in [0.2, 0.25) is 5.02 Å². The van der Waals surface area contributed by atoms with E-state index in [4.69, 9.17) is 11.6 Å². The van der Waals surface area contributed by atoms with Gasteiger partial charge >= 0.3 is 0 Å². The van der Waals surface area contributed by atoms with Crippen LogP contribution in [0.15, 0.2) is 71.8 Å². The normalized spacial score (nSPS) is 12.8. The summed E-state index contributed by atoms with van der Waals surface area (Å²) >= 11 is 5.99. The van der Waals surface area contributed by atoms with E-state index >= 15 is 0 Å². The third-order valence-electron chi connectivity index (χ3n) is 5.17. The monoisotopic (exact) mass is 418 g/mol. The number of nitrogens with one attached hydrogen (secondary N) is 1. The molecule has 1 aliphatic rings. The molecule has 3 aromatic carbocycles. The third kappa shape index (κ3) is 4.47. The predicted molar refractivity (Wildman–Crippen MR) is 124 cm³/mol. The molecule has 4 rings (SSSR count). The van der Waals surface area contributed by atoms with E-state index in [1.807, 2.05) is 85.7 Å². The van der Waals surface area contributed by atoms with Crippen molar-refractivity contribution in [3.8, 4) is 0 Å². The van der Waals surface area contributed by atoms with Crippen molar-refractivity contribution in [2.45, 2.75) is 13.1 Å². The van der Waals surface area contributed by atoms with Gasteiger partial charge in [0.15, 0.2) is 0 Å². The van der Waals surface area contributed by atoms with Crippen molar-refractivity contribution in [2.75, 3.05) is 23.9 Å². The maximum atomic E-state index is 12.5. The van der Waals surface area contributed by atoms with Gasteiger partial charge in [-0.25, -0.2) is 5.43 Å². The maximum Gasteiger partial charge on any atom is 0.271 e. The number of hydrazone groups is 1. The van der Waals surface area contributed by atoms with Crippen LogP contribution in [0.1, 0.15) is 27.0 Å². The van der Waals surface area contributed by atoms with Crippen LogP contribution in [0.5, 0.6) is 0 Å². The van der Waals surface area contributed by atoms with Crippen molar-refractivity contribution in [2.24, 2.45) is 5.10 Å². The lowest BCUT2D eigenvalue weighted by molar-refractivity contribution is 0.0955. The van der Waals surface area contributed by atoms with Gasteiger partial charge in [-0.2, -0.15) is 5.10 Å². The second kappa shape index (κ2) is 8.59. The smallest absolute Gasteiger partial charge is 0.271 e. The van der Waals surface area contributed by atoms with Crippen molar-refractivity contribution in [1.82, 2.24) is 5.43 Å². The molecule has 152 valence electrons. The highest BCUT2D eigenvalue weighted by Gasteiger charge is 2.20. The Kier molecular flexibility index (Phi) is 5.72. The number of hydrogen-bond acceptors (Lipinski definition) is 4. The van der Waals surface area contributed by atoms with Crippen LogP contribution in [0.4, 0.5) is 11.4 Å². The van der Waals surface area contributed by atoms with Crippen LogP contribution in [0.3, 0.4) is 0 Å². The molecule has 1 heterocycles. The van der Waals surface area contributed by atoms with E-state index < -0.39 is 0 Å². The summed E-state index contributed by atoms with van der Waals surface area (Å²) in [4.78, 5) is 16.8. The van der Waals surface area contributed by atoms with Crippen LogP contribution < -0.4 is 15.2 Å². The molecule has 6 heteroatoms. The van der Waals surface area contributed by atoms with E-state index in [-0.39, 0.29) is 5.91 Å². The summed E-state index contributed by atoms with van der Waals surface area (Å²) in [6.07, 6.45) is 1.65. The number of anilines is 2.